The van der Waals surface area contributed by atoms with Crippen LogP contribution in [-0.4, -0.2) is 23.8 Å². The van der Waals surface area contributed by atoms with Crippen molar-refractivity contribution in [3.63, 3.8) is 0 Å². The molecule has 4 heterocycles. The van der Waals surface area contributed by atoms with Gasteiger partial charge in [-0.1, -0.05) is 0 Å². The zero-order chi connectivity index (χ0) is 25.5. The van der Waals surface area contributed by atoms with Crippen molar-refractivity contribution in [1.29, 1.82) is 0 Å². The van der Waals surface area contributed by atoms with E-state index >= 15 is 0 Å². The van der Waals surface area contributed by atoms with Crippen LogP contribution < -0.4 is 14.5 Å². The molecule has 3 aromatic rings. The van der Waals surface area contributed by atoms with Crippen molar-refractivity contribution in [3.8, 4) is 11.5 Å². The second kappa shape index (κ2) is 7.91. The van der Waals surface area contributed by atoms with Gasteiger partial charge in [-0.25, -0.2) is 0 Å². The fourth-order valence-electron chi connectivity index (χ4n) is 5.54. The summed E-state index contributed by atoms with van der Waals surface area (Å²) < 4.78 is 9.39. The van der Waals surface area contributed by atoms with Crippen molar-refractivity contribution in [3.05, 3.63) is 95.8 Å². The molecule has 0 amide bonds. The van der Waals surface area contributed by atoms with Crippen LogP contribution in [0.2, 0.25) is 0 Å². The maximum absolute atomic E-state index is 6.51. The van der Waals surface area contributed by atoms with Crippen molar-refractivity contribution in [1.82, 2.24) is 9.80 Å². The average molecular weight is 672 g/mol. The first-order chi connectivity index (χ1) is 17.7. The first-order valence-electron chi connectivity index (χ1n) is 12.8. The molecule has 192 valence electrons. The van der Waals surface area contributed by atoms with Crippen LogP contribution in [-0.2, 0) is 36.1 Å². The Morgan fingerprint density at radius 2 is 1.57 bits per heavy atom. The van der Waals surface area contributed by atoms with Crippen LogP contribution in [0.25, 0.3) is 0 Å². The standard InChI is InChI=1S/C31H32N4O.Pt/c1-30(2,3)25-15-24-17-27(18-25)36-26-10-8-9-23(16-26)19-32-13-14-34(21-32)31(4,5)35-22-33(20-24)28-11-6-7-12-29(28)35;/h6-18H,19-20H2,1-5H3;. The molecular formula is C31H32N4OPt. The molecule has 0 spiro atoms. The van der Waals surface area contributed by atoms with Crippen LogP contribution in [0.1, 0.15) is 51.3 Å². The number of hydrogen-bond donors (Lipinski definition) is 0. The van der Waals surface area contributed by atoms with Gasteiger partial charge in [0.1, 0.15) is 0 Å². The minimum absolute atomic E-state index is 0.0235. The molecule has 0 aromatic heterocycles. The predicted octanol–water partition coefficient (Wildman–Crippen LogP) is 6.21. The molecule has 4 aliphatic rings. The summed E-state index contributed by atoms with van der Waals surface area (Å²) in [6.45, 7) is 13.2. The summed E-state index contributed by atoms with van der Waals surface area (Å²) in [5.74, 6) is 1.80. The molecular weight excluding hydrogens is 639 g/mol. The minimum atomic E-state index is -0.452. The van der Waals surface area contributed by atoms with Crippen LogP contribution in [0.4, 0.5) is 11.4 Å². The number of para-hydroxylation sites is 2. The van der Waals surface area contributed by atoms with E-state index < -0.39 is 17.6 Å². The number of benzene rings is 3. The molecule has 0 unspecified atom stereocenters. The van der Waals surface area contributed by atoms with E-state index in [1.165, 1.54) is 36.4 Å². The number of fused-ring (bicyclic) bond motifs is 7. The summed E-state index contributed by atoms with van der Waals surface area (Å²) in [7, 11) is 0. The van der Waals surface area contributed by atoms with Gasteiger partial charge in [0.25, 0.3) is 0 Å². The van der Waals surface area contributed by atoms with E-state index in [0.717, 1.165) is 24.6 Å². The van der Waals surface area contributed by atoms with E-state index in [9.17, 15) is 0 Å². The average Bonchev–Trinajstić information content (AvgIpc) is 3.39. The monoisotopic (exact) mass is 671 g/mol. The molecule has 7 rings (SSSR count). The summed E-state index contributed by atoms with van der Waals surface area (Å²) in [5, 5.41) is 0. The second-order valence-corrected chi connectivity index (χ2v) is 14.2. The Morgan fingerprint density at radius 3 is 2.38 bits per heavy atom. The predicted molar refractivity (Wildman–Crippen MR) is 147 cm³/mol. The van der Waals surface area contributed by atoms with Crippen molar-refractivity contribution in [2.24, 2.45) is 0 Å². The first kappa shape index (κ1) is 23.0. The molecule has 0 atom stereocenters. The molecule has 0 radical (unpaired) electrons. The van der Waals surface area contributed by atoms with Crippen LogP contribution in [0.5, 0.6) is 11.5 Å². The van der Waals surface area contributed by atoms with Gasteiger partial charge in [-0.3, -0.25) is 0 Å². The Kier molecular flexibility index (Phi) is 4.92. The third kappa shape index (κ3) is 3.62. The molecule has 0 N–H and O–H groups in total. The quantitative estimate of drug-likeness (QED) is 0.283. The topological polar surface area (TPSA) is 22.2 Å². The van der Waals surface area contributed by atoms with Gasteiger partial charge in [0, 0.05) is 0 Å². The van der Waals surface area contributed by atoms with Crippen LogP contribution in [0.3, 0.4) is 0 Å². The number of nitrogens with zero attached hydrogens (tertiary/aromatic N) is 4. The molecule has 0 saturated carbocycles. The number of ether oxygens (including phenoxy) is 1. The fourth-order valence-corrected chi connectivity index (χ4v) is 9.64. The summed E-state index contributed by atoms with van der Waals surface area (Å²) in [4.78, 5) is 10.1. The van der Waals surface area contributed by atoms with Crippen molar-refractivity contribution >= 4 is 19.7 Å². The summed E-state index contributed by atoms with van der Waals surface area (Å²) in [5.41, 5.74) is 6.23. The summed E-state index contributed by atoms with van der Waals surface area (Å²) in [6.07, 6.45) is 4.53. The van der Waals surface area contributed by atoms with E-state index in [1.807, 2.05) is 0 Å². The molecule has 3 aromatic carbocycles. The molecule has 0 aliphatic carbocycles. The Morgan fingerprint density at radius 1 is 0.784 bits per heavy atom. The third-order valence-electron chi connectivity index (χ3n) is 7.53. The number of hydrogen-bond acceptors (Lipinski definition) is 5. The second-order valence-electron chi connectivity index (χ2n) is 11.6. The third-order valence-corrected chi connectivity index (χ3v) is 10.9. The van der Waals surface area contributed by atoms with Crippen LogP contribution in [0.15, 0.2) is 79.1 Å². The SMILES string of the molecule is CC(C)(C)c1cc2cc(c1)Oc1cccc(c1)CN1C=CN3[C]1=[Pt]=[C]1N(C2)c2ccccc2N1C3(C)C. The molecule has 0 fully saturated rings. The molecule has 6 bridgehead atoms. The van der Waals surface area contributed by atoms with Crippen molar-refractivity contribution in [2.45, 2.75) is 58.8 Å². The maximum atomic E-state index is 6.51. The first-order valence-corrected chi connectivity index (χ1v) is 15.1. The molecule has 0 saturated heterocycles. The van der Waals surface area contributed by atoms with Crippen molar-refractivity contribution in [2.75, 3.05) is 9.80 Å². The summed E-state index contributed by atoms with van der Waals surface area (Å²) in [6, 6.07) is 24.3. The fraction of sp³-hybridized carbons (Fsp3) is 0.290. The van der Waals surface area contributed by atoms with E-state index in [2.05, 4.69) is 133 Å². The Bertz CT molecular complexity index is 1540. The van der Waals surface area contributed by atoms with Gasteiger partial charge in [0.05, 0.1) is 0 Å². The van der Waals surface area contributed by atoms with Gasteiger partial charge in [0.15, 0.2) is 0 Å². The van der Waals surface area contributed by atoms with Gasteiger partial charge in [-0.15, -0.1) is 0 Å². The van der Waals surface area contributed by atoms with E-state index in [-0.39, 0.29) is 11.1 Å². The summed E-state index contributed by atoms with van der Waals surface area (Å²) >= 11 is -0.452. The Hall–Kier alpha value is -3.17. The van der Waals surface area contributed by atoms with Gasteiger partial charge < -0.3 is 0 Å². The van der Waals surface area contributed by atoms with Crippen LogP contribution >= 0.6 is 0 Å². The van der Waals surface area contributed by atoms with E-state index in [0.29, 0.717) is 0 Å². The van der Waals surface area contributed by atoms with Crippen molar-refractivity contribution < 1.29 is 22.4 Å². The van der Waals surface area contributed by atoms with E-state index in [1.54, 1.807) is 0 Å². The zero-order valence-electron chi connectivity index (χ0n) is 21.9. The molecule has 4 aliphatic heterocycles. The molecule has 37 heavy (non-hydrogen) atoms. The number of rotatable bonds is 0. The molecule has 6 heteroatoms. The van der Waals surface area contributed by atoms with Gasteiger partial charge in [0.2, 0.25) is 0 Å². The zero-order valence-corrected chi connectivity index (χ0v) is 24.2. The number of anilines is 2. The van der Waals surface area contributed by atoms with Gasteiger partial charge in [-0.2, -0.15) is 0 Å². The van der Waals surface area contributed by atoms with Gasteiger partial charge in [-0.05, 0) is 0 Å². The van der Waals surface area contributed by atoms with E-state index in [4.69, 9.17) is 4.74 Å². The Balaban J connectivity index is 1.49. The Labute approximate surface area is 227 Å². The molecule has 5 nitrogen and oxygen atoms in total. The normalized spacial score (nSPS) is 19.4. The van der Waals surface area contributed by atoms with Crippen LogP contribution in [0, 0.1) is 0 Å². The van der Waals surface area contributed by atoms with Gasteiger partial charge >= 0.3 is 228 Å².